The molecule has 0 spiro atoms. The van der Waals surface area contributed by atoms with Gasteiger partial charge in [0.1, 0.15) is 11.2 Å². The SMILES string of the molecule is CC(C)(C)OC(=O)Nc1ccc(-c2cccs2)cc1CC(=O)N1CCN(Cc2ccc3c(c2)OCO3)CC1.CC(C)(C)OC(=O)Nc1ccc(-c2cccs2)cc1N.Nc1ccc(-c2cccs2)cc1CC(=O)N1CCN(Cc2ccc3c(c2)OCO3)CC1.c1cc2c(cc1CN1CCNCC1)OCO2. The lowest BCUT2D eigenvalue weighted by Crippen LogP contribution is -2.48. The van der Waals surface area contributed by atoms with Crippen LogP contribution in [0, 0.1) is 0 Å². The molecule has 6 aliphatic rings. The second-order valence-corrected chi connectivity index (χ2v) is 30.9. The number of carbonyl (C=O) groups is 4. The highest BCUT2D eigenvalue weighted by Gasteiger charge is 2.27. The van der Waals surface area contributed by atoms with Gasteiger partial charge in [-0.1, -0.05) is 54.6 Å². The predicted octanol–water partition coefficient (Wildman–Crippen LogP) is 14.2. The number of anilines is 4. The molecule has 6 aromatic carbocycles. The van der Waals surface area contributed by atoms with Crippen molar-refractivity contribution in [3.63, 3.8) is 0 Å². The van der Waals surface area contributed by atoms with E-state index in [1.165, 1.54) is 16.0 Å². The Morgan fingerprint density at radius 3 is 1.20 bits per heavy atom. The summed E-state index contributed by atoms with van der Waals surface area (Å²) in [7, 11) is 0. The maximum absolute atomic E-state index is 13.4. The van der Waals surface area contributed by atoms with Gasteiger partial charge in [-0.15, -0.1) is 34.0 Å². The Kier molecular flexibility index (Phi) is 24.8. The summed E-state index contributed by atoms with van der Waals surface area (Å²) in [6, 6.07) is 47.8. The topological polar surface area (TPSA) is 246 Å². The first-order valence-electron chi connectivity index (χ1n) is 35.3. The molecule has 9 aromatic rings. The van der Waals surface area contributed by atoms with Gasteiger partial charge in [0, 0.05) is 124 Å². The van der Waals surface area contributed by atoms with Gasteiger partial charge in [0.15, 0.2) is 34.5 Å². The minimum Gasteiger partial charge on any atom is -0.454 e. The normalized spacial score (nSPS) is 15.4. The molecule has 3 saturated heterocycles. The van der Waals surface area contributed by atoms with Crippen LogP contribution in [0.4, 0.5) is 32.3 Å². The Labute approximate surface area is 625 Å². The number of hydrogen-bond donors (Lipinski definition) is 5. The molecule has 0 atom stereocenters. The van der Waals surface area contributed by atoms with Gasteiger partial charge >= 0.3 is 12.2 Å². The van der Waals surface area contributed by atoms with Crippen molar-refractivity contribution < 1.29 is 57.1 Å². The van der Waals surface area contributed by atoms with Crippen LogP contribution in [0.15, 0.2) is 162 Å². The molecule has 105 heavy (non-hydrogen) atoms. The van der Waals surface area contributed by atoms with Crippen molar-refractivity contribution >= 4 is 80.8 Å². The zero-order valence-corrected chi connectivity index (χ0v) is 62.7. The van der Waals surface area contributed by atoms with E-state index in [0.717, 1.165) is 163 Å². The molecule has 0 saturated carbocycles. The molecule has 3 fully saturated rings. The second kappa shape index (κ2) is 34.8. The fraction of sp³-hybridized carbons (Fsp3) is 0.350. The van der Waals surface area contributed by atoms with Crippen molar-refractivity contribution in [1.29, 1.82) is 0 Å². The van der Waals surface area contributed by atoms with Crippen LogP contribution in [-0.4, -0.2) is 159 Å². The predicted molar refractivity (Wildman–Crippen MR) is 415 cm³/mol. The van der Waals surface area contributed by atoms with Crippen molar-refractivity contribution in [2.75, 3.05) is 121 Å². The molecule has 0 unspecified atom stereocenters. The van der Waals surface area contributed by atoms with Crippen LogP contribution in [-0.2, 0) is 51.5 Å². The van der Waals surface area contributed by atoms with Gasteiger partial charge in [0.2, 0.25) is 32.2 Å². The van der Waals surface area contributed by atoms with Crippen molar-refractivity contribution in [1.82, 2.24) is 29.8 Å². The minimum absolute atomic E-state index is 0.0447. The van der Waals surface area contributed by atoms with E-state index >= 15 is 0 Å². The van der Waals surface area contributed by atoms with Crippen LogP contribution >= 0.6 is 34.0 Å². The van der Waals surface area contributed by atoms with E-state index in [-0.39, 0.29) is 25.0 Å². The third-order valence-corrected chi connectivity index (χ3v) is 20.6. The monoisotopic (exact) mass is 1480 g/mol. The molecular formula is C80H92N10O12S3. The maximum atomic E-state index is 13.4. The number of amides is 4. The fourth-order valence-corrected chi connectivity index (χ4v) is 14.7. The van der Waals surface area contributed by atoms with Crippen LogP contribution < -0.4 is 55.8 Å². The molecule has 4 amide bonds. The average Bonchev–Trinajstić information content (AvgIpc) is 1.77. The Bertz CT molecular complexity index is 4410. The van der Waals surface area contributed by atoms with Crippen molar-refractivity contribution in [3.05, 3.63) is 190 Å². The Hall–Kier alpha value is -9.86. The number of nitrogens with one attached hydrogen (secondary N) is 3. The van der Waals surface area contributed by atoms with Crippen LogP contribution in [0.5, 0.6) is 34.5 Å². The molecule has 0 aliphatic carbocycles. The highest BCUT2D eigenvalue weighted by molar-refractivity contribution is 7.14. The van der Waals surface area contributed by atoms with Crippen molar-refractivity contribution in [2.24, 2.45) is 0 Å². The van der Waals surface area contributed by atoms with Gasteiger partial charge < -0.3 is 64.5 Å². The number of benzene rings is 6. The van der Waals surface area contributed by atoms with Gasteiger partial charge in [-0.05, 0) is 193 Å². The summed E-state index contributed by atoms with van der Waals surface area (Å²) in [4.78, 5) is 64.9. The number of ether oxygens (including phenoxy) is 8. The zero-order valence-electron chi connectivity index (χ0n) is 60.2. The number of piperazine rings is 3. The van der Waals surface area contributed by atoms with E-state index in [9.17, 15) is 19.2 Å². The van der Waals surface area contributed by atoms with E-state index in [2.05, 4.69) is 72.4 Å². The van der Waals surface area contributed by atoms with Gasteiger partial charge in [-0.3, -0.25) is 34.9 Å². The number of nitrogens with two attached hydrogens (primary N) is 2. The number of fused-ring (bicyclic) bond motifs is 3. The Morgan fingerprint density at radius 2 is 0.790 bits per heavy atom. The molecule has 3 aromatic heterocycles. The maximum Gasteiger partial charge on any atom is 0.412 e. The van der Waals surface area contributed by atoms with E-state index in [1.54, 1.807) is 40.1 Å². The van der Waals surface area contributed by atoms with E-state index in [1.807, 2.05) is 165 Å². The average molecular weight is 1480 g/mol. The minimum atomic E-state index is -0.614. The largest absolute Gasteiger partial charge is 0.454 e. The number of nitrogen functional groups attached to an aromatic ring is 2. The lowest BCUT2D eigenvalue weighted by atomic mass is 10.0. The molecule has 0 radical (unpaired) electrons. The Balaban J connectivity index is 0.000000138. The van der Waals surface area contributed by atoms with E-state index in [4.69, 9.17) is 49.4 Å². The highest BCUT2D eigenvalue weighted by atomic mass is 32.1. The summed E-state index contributed by atoms with van der Waals surface area (Å²) in [6.45, 7) is 24.9. The quantitative estimate of drug-likeness (QED) is 0.0599. The lowest BCUT2D eigenvalue weighted by molar-refractivity contribution is -0.133. The van der Waals surface area contributed by atoms with Crippen LogP contribution in [0.3, 0.4) is 0 Å². The number of nitrogens with zero attached hydrogens (tertiary/aromatic N) is 5. The molecule has 6 aliphatic heterocycles. The third kappa shape index (κ3) is 21.4. The first-order valence-corrected chi connectivity index (χ1v) is 37.9. The first kappa shape index (κ1) is 74.8. The molecule has 7 N–H and O–H groups in total. The summed E-state index contributed by atoms with van der Waals surface area (Å²) >= 11 is 4.97. The third-order valence-electron chi connectivity index (χ3n) is 17.9. The number of rotatable bonds is 15. The molecule has 25 heteroatoms. The molecule has 9 heterocycles. The van der Waals surface area contributed by atoms with Gasteiger partial charge in [0.25, 0.3) is 0 Å². The highest BCUT2D eigenvalue weighted by Crippen LogP contribution is 2.37. The van der Waals surface area contributed by atoms with Crippen molar-refractivity contribution in [2.45, 2.75) is 85.2 Å². The van der Waals surface area contributed by atoms with E-state index in [0.29, 0.717) is 55.8 Å². The number of hydrogen-bond acceptors (Lipinski definition) is 21. The second-order valence-electron chi connectivity index (χ2n) is 28.0. The first-order chi connectivity index (χ1) is 50.6. The molecule has 15 rings (SSSR count). The van der Waals surface area contributed by atoms with Crippen LogP contribution in [0.2, 0.25) is 0 Å². The number of carbonyl (C=O) groups excluding carboxylic acids is 4. The van der Waals surface area contributed by atoms with Crippen molar-refractivity contribution in [3.8, 4) is 65.8 Å². The standard InChI is InChI=1S/C29H33N3O5S.C24H25N3O3S.C15H18N2O2S.C12H16N2O2/c1-29(2,3)37-28(34)30-23-8-7-21(26-5-4-14-38-26)16-22(23)17-27(33)32-12-10-31(11-13-32)18-20-6-9-24-25(15-20)36-19-35-24;25-20-5-4-18(23-2-1-11-31-23)13-19(20)14-24(28)27-9-7-26(8-10-27)15-17-3-6-21-22(12-17)30-16-29-21;1-15(2,3)19-14(18)17-12-7-6-10(9-11(12)16)13-5-4-8-20-13;1-2-11-12(16-9-15-11)7-10(1)8-14-5-3-13-4-6-14/h4-9,14-16H,10-13,17-19H2,1-3H3,(H,30,34);1-6,11-13H,7-10,14-16,25H2;4-9H,16H2,1-3H3,(H,17,18);1-2,7,13H,3-6,8-9H2. The summed E-state index contributed by atoms with van der Waals surface area (Å²) < 4.78 is 43.1. The smallest absolute Gasteiger partial charge is 0.412 e. The number of thiophene rings is 3. The lowest BCUT2D eigenvalue weighted by Gasteiger charge is -2.35. The molecule has 22 nitrogen and oxygen atoms in total. The van der Waals surface area contributed by atoms with Gasteiger partial charge in [-0.25, -0.2) is 9.59 Å². The summed E-state index contributed by atoms with van der Waals surface area (Å²) in [5, 5.41) is 14.9. The fourth-order valence-electron chi connectivity index (χ4n) is 12.5. The van der Waals surface area contributed by atoms with Crippen LogP contribution in [0.1, 0.15) is 69.4 Å². The summed E-state index contributed by atoms with van der Waals surface area (Å²) in [5.41, 5.74) is 21.8. The molecule has 0 bridgehead atoms. The van der Waals surface area contributed by atoms with Gasteiger partial charge in [-0.2, -0.15) is 0 Å². The molecule has 552 valence electrons. The molecular weight excluding hydrogens is 1390 g/mol. The summed E-state index contributed by atoms with van der Waals surface area (Å²) in [6.07, 6.45) is -0.500. The van der Waals surface area contributed by atoms with E-state index < -0.39 is 23.4 Å². The summed E-state index contributed by atoms with van der Waals surface area (Å²) in [5.74, 6) is 5.12. The van der Waals surface area contributed by atoms with Crippen LogP contribution in [0.25, 0.3) is 31.3 Å². The Morgan fingerprint density at radius 1 is 0.419 bits per heavy atom. The van der Waals surface area contributed by atoms with Gasteiger partial charge in [0.05, 0.1) is 24.2 Å². The zero-order chi connectivity index (χ0) is 73.5.